The van der Waals surface area contributed by atoms with Gasteiger partial charge in [-0.05, 0) is 44.9 Å². The lowest BCUT2D eigenvalue weighted by Crippen LogP contribution is -2.39. The molecule has 30 heavy (non-hydrogen) atoms. The molecule has 2 amide bonds. The first-order chi connectivity index (χ1) is 14.3. The number of carbonyl (C=O) groups excluding carboxylic acids is 2. The van der Waals surface area contributed by atoms with Gasteiger partial charge in [-0.3, -0.25) is 4.98 Å². The number of benzene rings is 1. The van der Waals surface area contributed by atoms with E-state index in [-0.39, 0.29) is 24.7 Å². The third kappa shape index (κ3) is 6.20. The fourth-order valence-corrected chi connectivity index (χ4v) is 3.46. The van der Waals surface area contributed by atoms with Crippen molar-refractivity contribution in [2.75, 3.05) is 13.1 Å². The number of amides is 2. The van der Waals surface area contributed by atoms with E-state index in [1.54, 1.807) is 11.1 Å². The summed E-state index contributed by atoms with van der Waals surface area (Å²) in [7, 11) is 0. The van der Waals surface area contributed by atoms with Crippen molar-refractivity contribution in [3.8, 4) is 0 Å². The number of alkyl carbamates (subject to hydrolysis) is 1. The van der Waals surface area contributed by atoms with Gasteiger partial charge in [0.25, 0.3) is 0 Å². The molecular formula is C23H29N3O4. The number of hydrogen-bond acceptors (Lipinski definition) is 5. The molecule has 1 aromatic carbocycles. The predicted molar refractivity (Wildman–Crippen MR) is 113 cm³/mol. The molecule has 160 valence electrons. The summed E-state index contributed by atoms with van der Waals surface area (Å²) in [5, 5.41) is 2.95. The monoisotopic (exact) mass is 411 g/mol. The lowest BCUT2D eigenvalue weighted by atomic mass is 9.95. The van der Waals surface area contributed by atoms with Crippen molar-refractivity contribution in [2.45, 2.75) is 45.4 Å². The predicted octanol–water partition coefficient (Wildman–Crippen LogP) is 4.31. The molecule has 1 fully saturated rings. The van der Waals surface area contributed by atoms with Crippen LogP contribution in [0.4, 0.5) is 9.59 Å². The smallest absolute Gasteiger partial charge is 0.410 e. The third-order valence-electron chi connectivity index (χ3n) is 4.84. The number of nitrogens with one attached hydrogen (secondary N) is 1. The summed E-state index contributed by atoms with van der Waals surface area (Å²) in [4.78, 5) is 31.0. The number of carbonyl (C=O) groups is 2. The van der Waals surface area contributed by atoms with Crippen molar-refractivity contribution in [2.24, 2.45) is 5.92 Å². The molecule has 0 bridgehead atoms. The highest BCUT2D eigenvalue weighted by atomic mass is 16.6. The number of nitrogens with zero attached hydrogens (tertiary/aromatic N) is 2. The lowest BCUT2D eigenvalue weighted by molar-refractivity contribution is 0.0483. The molecular weight excluding hydrogens is 382 g/mol. The number of aromatic nitrogens is 1. The van der Waals surface area contributed by atoms with Crippen LogP contribution in [0.1, 0.15) is 44.5 Å². The first-order valence-electron chi connectivity index (χ1n) is 10.2. The molecule has 2 atom stereocenters. The molecule has 1 aromatic heterocycles. The van der Waals surface area contributed by atoms with Crippen LogP contribution in [-0.2, 0) is 16.1 Å². The maximum absolute atomic E-state index is 12.5. The second-order valence-corrected chi connectivity index (χ2v) is 8.41. The number of ether oxygens (including phenoxy) is 2. The van der Waals surface area contributed by atoms with Gasteiger partial charge in [-0.25, -0.2) is 9.59 Å². The van der Waals surface area contributed by atoms with E-state index in [0.717, 1.165) is 17.7 Å². The fourth-order valence-electron chi connectivity index (χ4n) is 3.46. The lowest BCUT2D eigenvalue weighted by Gasteiger charge is -2.27. The van der Waals surface area contributed by atoms with Crippen LogP contribution < -0.4 is 5.32 Å². The van der Waals surface area contributed by atoms with Gasteiger partial charge < -0.3 is 19.7 Å². The van der Waals surface area contributed by atoms with Crippen LogP contribution in [0.3, 0.4) is 0 Å². The second-order valence-electron chi connectivity index (χ2n) is 8.41. The van der Waals surface area contributed by atoms with E-state index < -0.39 is 11.7 Å². The molecule has 7 heteroatoms. The Kier molecular flexibility index (Phi) is 6.92. The van der Waals surface area contributed by atoms with E-state index >= 15 is 0 Å². The second kappa shape index (κ2) is 9.61. The minimum absolute atomic E-state index is 0.0108. The Hall–Kier alpha value is -3.09. The Bertz CT molecular complexity index is 837. The summed E-state index contributed by atoms with van der Waals surface area (Å²) in [6.45, 7) is 6.75. The summed E-state index contributed by atoms with van der Waals surface area (Å²) in [6, 6.07) is 14.8. The highest BCUT2D eigenvalue weighted by Crippen LogP contribution is 2.30. The van der Waals surface area contributed by atoms with Crippen molar-refractivity contribution in [1.29, 1.82) is 0 Å². The summed E-state index contributed by atoms with van der Waals surface area (Å²) in [6.07, 6.45) is 1.58. The van der Waals surface area contributed by atoms with Crippen LogP contribution in [0.5, 0.6) is 0 Å². The highest BCUT2D eigenvalue weighted by Gasteiger charge is 2.35. The number of pyridine rings is 1. The van der Waals surface area contributed by atoms with Crippen LogP contribution in [-0.4, -0.2) is 40.8 Å². The van der Waals surface area contributed by atoms with Gasteiger partial charge in [0.05, 0.1) is 11.7 Å². The van der Waals surface area contributed by atoms with Gasteiger partial charge in [0, 0.05) is 25.2 Å². The molecule has 0 spiro atoms. The van der Waals surface area contributed by atoms with E-state index in [9.17, 15) is 9.59 Å². The minimum Gasteiger partial charge on any atom is -0.445 e. The molecule has 3 rings (SSSR count). The summed E-state index contributed by atoms with van der Waals surface area (Å²) < 4.78 is 10.9. The van der Waals surface area contributed by atoms with Gasteiger partial charge in [-0.2, -0.15) is 0 Å². The maximum atomic E-state index is 12.5. The zero-order chi connectivity index (χ0) is 21.6. The zero-order valence-corrected chi connectivity index (χ0v) is 17.7. The molecule has 7 nitrogen and oxygen atoms in total. The Balaban J connectivity index is 1.63. The van der Waals surface area contributed by atoms with Gasteiger partial charge in [-0.1, -0.05) is 36.4 Å². The topological polar surface area (TPSA) is 80.8 Å². The average Bonchev–Trinajstić information content (AvgIpc) is 3.20. The molecule has 1 aliphatic heterocycles. The van der Waals surface area contributed by atoms with Crippen molar-refractivity contribution in [1.82, 2.24) is 15.2 Å². The highest BCUT2D eigenvalue weighted by molar-refractivity contribution is 5.69. The largest absolute Gasteiger partial charge is 0.445 e. The number of hydrogen-bond donors (Lipinski definition) is 1. The Morgan fingerprint density at radius 2 is 1.90 bits per heavy atom. The van der Waals surface area contributed by atoms with Crippen LogP contribution in [0.15, 0.2) is 54.7 Å². The Labute approximate surface area is 177 Å². The van der Waals surface area contributed by atoms with Crippen molar-refractivity contribution in [3.05, 3.63) is 66.0 Å². The fraction of sp³-hybridized carbons (Fsp3) is 0.435. The quantitative estimate of drug-likeness (QED) is 0.793. The minimum atomic E-state index is -0.596. The van der Waals surface area contributed by atoms with Gasteiger partial charge >= 0.3 is 12.2 Å². The zero-order valence-electron chi connectivity index (χ0n) is 17.7. The van der Waals surface area contributed by atoms with Crippen molar-refractivity contribution in [3.63, 3.8) is 0 Å². The molecule has 1 aliphatic rings. The maximum Gasteiger partial charge on any atom is 0.410 e. The summed E-state index contributed by atoms with van der Waals surface area (Å²) in [5.74, 6) is 0.0108. The summed E-state index contributed by atoms with van der Waals surface area (Å²) >= 11 is 0. The SMILES string of the molecule is CC(C)(C)OC(=O)NC(c1ccccn1)[C@@H]1CCN(C(=O)OCc2ccccc2)C1. The van der Waals surface area contributed by atoms with Gasteiger partial charge in [0.2, 0.25) is 0 Å². The van der Waals surface area contributed by atoms with E-state index in [1.165, 1.54) is 0 Å². The van der Waals surface area contributed by atoms with E-state index in [0.29, 0.717) is 13.1 Å². The normalized spacial score (nSPS) is 17.3. The summed E-state index contributed by atoms with van der Waals surface area (Å²) in [5.41, 5.74) is 1.09. The first-order valence-corrected chi connectivity index (χ1v) is 10.2. The first kappa shape index (κ1) is 21.6. The van der Waals surface area contributed by atoms with E-state index in [4.69, 9.17) is 9.47 Å². The molecule has 2 aromatic rings. The van der Waals surface area contributed by atoms with Crippen LogP contribution in [0, 0.1) is 5.92 Å². The van der Waals surface area contributed by atoms with Crippen molar-refractivity contribution >= 4 is 12.2 Å². The molecule has 0 saturated carbocycles. The van der Waals surface area contributed by atoms with E-state index in [2.05, 4.69) is 10.3 Å². The third-order valence-corrected chi connectivity index (χ3v) is 4.84. The number of rotatable bonds is 5. The van der Waals surface area contributed by atoms with Crippen LogP contribution in [0.25, 0.3) is 0 Å². The number of likely N-dealkylation sites (tertiary alicyclic amines) is 1. The molecule has 0 aliphatic carbocycles. The molecule has 1 unspecified atom stereocenters. The van der Waals surface area contributed by atoms with Gasteiger partial charge in [0.15, 0.2) is 0 Å². The van der Waals surface area contributed by atoms with E-state index in [1.807, 2.05) is 69.3 Å². The molecule has 2 heterocycles. The molecule has 1 N–H and O–H groups in total. The molecule has 0 radical (unpaired) electrons. The average molecular weight is 412 g/mol. The molecule has 1 saturated heterocycles. The van der Waals surface area contributed by atoms with Crippen LogP contribution in [0.2, 0.25) is 0 Å². The van der Waals surface area contributed by atoms with Gasteiger partial charge in [-0.15, -0.1) is 0 Å². The van der Waals surface area contributed by atoms with Crippen LogP contribution >= 0.6 is 0 Å². The Morgan fingerprint density at radius 1 is 1.17 bits per heavy atom. The van der Waals surface area contributed by atoms with Crippen molar-refractivity contribution < 1.29 is 19.1 Å². The van der Waals surface area contributed by atoms with Gasteiger partial charge in [0.1, 0.15) is 12.2 Å². The standard InChI is InChI=1S/C23H29N3O4/c1-23(2,3)30-21(27)25-20(19-11-7-8-13-24-19)18-12-14-26(15-18)22(28)29-16-17-9-5-4-6-10-17/h4-11,13,18,20H,12,14-16H2,1-3H3,(H,25,27)/t18-,20?/m1/s1. The Morgan fingerprint density at radius 3 is 2.57 bits per heavy atom.